The molecule has 0 aliphatic heterocycles. The number of hydrogen-bond donors (Lipinski definition) is 1. The molecule has 28 heavy (non-hydrogen) atoms. The van der Waals surface area contributed by atoms with E-state index in [1.807, 2.05) is 0 Å². The first kappa shape index (κ1) is 20.1. The van der Waals surface area contributed by atoms with Gasteiger partial charge in [-0.2, -0.15) is 0 Å². The van der Waals surface area contributed by atoms with Gasteiger partial charge < -0.3 is 9.88 Å². The molecular weight excluding hydrogens is 412 g/mol. The van der Waals surface area contributed by atoms with Crippen molar-refractivity contribution in [3.8, 4) is 0 Å². The van der Waals surface area contributed by atoms with Crippen LogP contribution in [0.4, 0.5) is 4.39 Å². The van der Waals surface area contributed by atoms with Crippen LogP contribution in [0.15, 0.2) is 28.0 Å². The van der Waals surface area contributed by atoms with Gasteiger partial charge in [-0.25, -0.2) is 14.2 Å². The van der Waals surface area contributed by atoms with Crippen LogP contribution in [0, 0.1) is 5.82 Å². The molecule has 0 spiro atoms. The molecule has 0 aliphatic carbocycles. The zero-order valence-corrected chi connectivity index (χ0v) is 16.7. The number of fused-ring (bicyclic) bond motifs is 1. The quantitative estimate of drug-likeness (QED) is 0.642. The van der Waals surface area contributed by atoms with Crippen molar-refractivity contribution in [2.45, 2.75) is 19.5 Å². The zero-order valence-electron chi connectivity index (χ0n) is 15.2. The largest absolute Gasteiger partial charge is 0.348 e. The summed E-state index contributed by atoms with van der Waals surface area (Å²) in [5.41, 5.74) is -0.398. The molecule has 0 fully saturated rings. The molecule has 3 aromatic rings. The summed E-state index contributed by atoms with van der Waals surface area (Å²) in [4.78, 5) is 40.9. The van der Waals surface area contributed by atoms with Crippen LogP contribution in [0.5, 0.6) is 0 Å². The highest BCUT2D eigenvalue weighted by molar-refractivity contribution is 6.35. The van der Waals surface area contributed by atoms with Gasteiger partial charge in [-0.15, -0.1) is 0 Å². The van der Waals surface area contributed by atoms with Crippen molar-refractivity contribution in [3.63, 3.8) is 0 Å². The molecule has 2 heterocycles. The van der Waals surface area contributed by atoms with Gasteiger partial charge in [0.1, 0.15) is 12.4 Å². The van der Waals surface area contributed by atoms with Crippen LogP contribution >= 0.6 is 23.2 Å². The van der Waals surface area contributed by atoms with E-state index in [1.165, 1.54) is 35.6 Å². The lowest BCUT2D eigenvalue weighted by molar-refractivity contribution is -0.122. The third-order valence-corrected chi connectivity index (χ3v) is 5.03. The maximum Gasteiger partial charge on any atom is 0.332 e. The highest BCUT2D eigenvalue weighted by Gasteiger charge is 2.19. The van der Waals surface area contributed by atoms with Crippen molar-refractivity contribution < 1.29 is 9.18 Å². The predicted molar refractivity (Wildman–Crippen MR) is 103 cm³/mol. The summed E-state index contributed by atoms with van der Waals surface area (Å²) in [6.45, 7) is 1.42. The fraction of sp³-hybridized carbons (Fsp3) is 0.294. The first-order chi connectivity index (χ1) is 13.1. The molecule has 0 bridgehead atoms. The third-order valence-electron chi connectivity index (χ3n) is 4.41. The predicted octanol–water partition coefficient (Wildman–Crippen LogP) is 1.76. The fourth-order valence-corrected chi connectivity index (χ4v) is 3.45. The van der Waals surface area contributed by atoms with Crippen LogP contribution in [0.2, 0.25) is 10.0 Å². The number of nitrogens with zero attached hydrogens (tertiary/aromatic N) is 4. The van der Waals surface area contributed by atoms with Crippen LogP contribution in [0.3, 0.4) is 0 Å². The Labute approximate surface area is 168 Å². The second kappa shape index (κ2) is 7.40. The van der Waals surface area contributed by atoms with E-state index in [9.17, 15) is 18.8 Å². The van der Waals surface area contributed by atoms with Crippen LogP contribution in [0.1, 0.15) is 18.5 Å². The summed E-state index contributed by atoms with van der Waals surface area (Å²) >= 11 is 11.8. The molecule has 11 heteroatoms. The molecule has 1 atom stereocenters. The summed E-state index contributed by atoms with van der Waals surface area (Å²) in [6, 6.07) is 1.83. The van der Waals surface area contributed by atoms with Gasteiger partial charge in [-0.05, 0) is 24.6 Å². The number of carbonyl (C=O) groups is 1. The van der Waals surface area contributed by atoms with E-state index in [1.54, 1.807) is 6.92 Å². The molecule has 3 rings (SSSR count). The number of aryl methyl sites for hydroxylation is 1. The number of imidazole rings is 1. The molecule has 148 valence electrons. The van der Waals surface area contributed by atoms with Crippen LogP contribution in [-0.4, -0.2) is 24.6 Å². The van der Waals surface area contributed by atoms with E-state index < -0.39 is 29.0 Å². The molecule has 0 aliphatic rings. The lowest BCUT2D eigenvalue weighted by Gasteiger charge is -2.16. The number of benzene rings is 1. The number of aromatic nitrogens is 4. The van der Waals surface area contributed by atoms with Crippen LogP contribution in [-0.2, 0) is 25.4 Å². The van der Waals surface area contributed by atoms with Gasteiger partial charge in [0.05, 0.1) is 17.4 Å². The zero-order chi connectivity index (χ0) is 20.7. The second-order valence-electron chi connectivity index (χ2n) is 6.33. The summed E-state index contributed by atoms with van der Waals surface area (Å²) in [5, 5.41) is 2.79. The Bertz CT molecular complexity index is 1210. The van der Waals surface area contributed by atoms with Gasteiger partial charge in [0, 0.05) is 19.1 Å². The van der Waals surface area contributed by atoms with Crippen molar-refractivity contribution >= 4 is 40.3 Å². The Balaban J connectivity index is 1.87. The summed E-state index contributed by atoms with van der Waals surface area (Å²) < 4.78 is 17.2. The van der Waals surface area contributed by atoms with Gasteiger partial charge in [-0.3, -0.25) is 18.7 Å². The second-order valence-corrected chi connectivity index (χ2v) is 7.14. The number of nitrogens with one attached hydrogen (secondary N) is 1. The van der Waals surface area contributed by atoms with Crippen molar-refractivity contribution in [1.29, 1.82) is 0 Å². The number of hydrogen-bond acceptors (Lipinski definition) is 4. The molecule has 1 aromatic carbocycles. The van der Waals surface area contributed by atoms with Gasteiger partial charge in [0.15, 0.2) is 11.2 Å². The molecule has 0 saturated heterocycles. The van der Waals surface area contributed by atoms with Crippen molar-refractivity contribution in [1.82, 2.24) is 24.0 Å². The Morgan fingerprint density at radius 1 is 1.21 bits per heavy atom. The normalized spacial score (nSPS) is 12.4. The van der Waals surface area contributed by atoms with Gasteiger partial charge in [-0.1, -0.05) is 23.2 Å². The maximum absolute atomic E-state index is 13.7. The lowest BCUT2D eigenvalue weighted by atomic mass is 10.1. The molecule has 2 aromatic heterocycles. The molecule has 0 radical (unpaired) electrons. The van der Waals surface area contributed by atoms with E-state index in [0.717, 1.165) is 10.6 Å². The first-order valence-corrected chi connectivity index (χ1v) is 8.92. The molecule has 0 saturated carbocycles. The Morgan fingerprint density at radius 2 is 1.89 bits per heavy atom. The number of halogens is 3. The van der Waals surface area contributed by atoms with Gasteiger partial charge in [0.2, 0.25) is 5.91 Å². The van der Waals surface area contributed by atoms with Crippen LogP contribution < -0.4 is 16.6 Å². The van der Waals surface area contributed by atoms with E-state index in [0.29, 0.717) is 5.56 Å². The van der Waals surface area contributed by atoms with Gasteiger partial charge in [0.25, 0.3) is 5.56 Å². The van der Waals surface area contributed by atoms with Gasteiger partial charge >= 0.3 is 5.69 Å². The minimum absolute atomic E-state index is 0.112. The van der Waals surface area contributed by atoms with Crippen molar-refractivity contribution in [3.05, 3.63) is 60.7 Å². The van der Waals surface area contributed by atoms with Crippen molar-refractivity contribution in [2.75, 3.05) is 0 Å². The Morgan fingerprint density at radius 3 is 2.57 bits per heavy atom. The molecule has 1 amide bonds. The number of carbonyl (C=O) groups excluding carboxylic acids is 1. The highest BCUT2D eigenvalue weighted by Crippen LogP contribution is 2.28. The molecule has 1 N–H and O–H groups in total. The Hall–Kier alpha value is -2.65. The standard InChI is InChI=1S/C17H16Cl2FN5O3/c1-8(9-4-12(20)11(19)5-10(9)18)22-13(26)6-25-7-21-15-14(25)16(27)24(3)17(28)23(15)2/h4-5,7-8H,6H2,1-3H3,(H,22,26). The van der Waals surface area contributed by atoms with Crippen molar-refractivity contribution in [2.24, 2.45) is 14.1 Å². The van der Waals surface area contributed by atoms with E-state index in [4.69, 9.17) is 23.2 Å². The monoisotopic (exact) mass is 427 g/mol. The summed E-state index contributed by atoms with van der Waals surface area (Å²) in [5.74, 6) is -1.10. The smallest absolute Gasteiger partial charge is 0.332 e. The first-order valence-electron chi connectivity index (χ1n) is 8.16. The molecule has 1 unspecified atom stereocenters. The lowest BCUT2D eigenvalue weighted by Crippen LogP contribution is -2.38. The molecular formula is C17H16Cl2FN5O3. The minimum atomic E-state index is -0.646. The third kappa shape index (κ3) is 3.43. The van der Waals surface area contributed by atoms with E-state index in [-0.39, 0.29) is 27.8 Å². The Kier molecular flexibility index (Phi) is 5.31. The fourth-order valence-electron chi connectivity index (χ4n) is 2.91. The average molecular weight is 428 g/mol. The van der Waals surface area contributed by atoms with Crippen LogP contribution in [0.25, 0.3) is 11.2 Å². The maximum atomic E-state index is 13.7. The highest BCUT2D eigenvalue weighted by atomic mass is 35.5. The number of rotatable bonds is 4. The van der Waals surface area contributed by atoms with E-state index in [2.05, 4.69) is 10.3 Å². The average Bonchev–Trinajstić information content (AvgIpc) is 3.04. The minimum Gasteiger partial charge on any atom is -0.348 e. The topological polar surface area (TPSA) is 90.9 Å². The summed E-state index contributed by atoms with van der Waals surface area (Å²) in [6.07, 6.45) is 1.31. The summed E-state index contributed by atoms with van der Waals surface area (Å²) in [7, 11) is 2.83. The molecule has 8 nitrogen and oxygen atoms in total. The number of amides is 1. The van der Waals surface area contributed by atoms with E-state index >= 15 is 0 Å². The SMILES string of the molecule is CC(NC(=O)Cn1cnc2c1c(=O)n(C)c(=O)n2C)c1cc(F)c(Cl)cc1Cl.